The molecule has 0 fully saturated rings. The van der Waals surface area contributed by atoms with Gasteiger partial charge in [0.15, 0.2) is 11.6 Å². The maximum Gasteiger partial charge on any atom is 0.277 e. The van der Waals surface area contributed by atoms with E-state index in [1.165, 1.54) is 6.92 Å². The van der Waals surface area contributed by atoms with Crippen LogP contribution in [0.3, 0.4) is 0 Å². The highest BCUT2D eigenvalue weighted by atomic mass is 35.5. The number of carbonyl (C=O) groups excluding carboxylic acids is 1. The van der Waals surface area contributed by atoms with Crippen molar-refractivity contribution in [1.29, 1.82) is 0 Å². The Hall–Kier alpha value is -4.25. The minimum absolute atomic E-state index is 0.0918. The smallest absolute Gasteiger partial charge is 0.277 e. The maximum absolute atomic E-state index is 14.1. The monoisotopic (exact) mass is 594 g/mol. The number of fused-ring (bicyclic) bond motifs is 3. The topological polar surface area (TPSA) is 112 Å². The van der Waals surface area contributed by atoms with Gasteiger partial charge in [0.05, 0.1) is 28.8 Å². The third kappa shape index (κ3) is 6.15. The molecule has 5 heterocycles. The van der Waals surface area contributed by atoms with Crippen molar-refractivity contribution in [2.75, 3.05) is 0 Å². The van der Waals surface area contributed by atoms with E-state index in [1.807, 2.05) is 13.8 Å². The Morgan fingerprint density at radius 3 is 2.62 bits per heavy atom. The number of carbonyl (C=O) groups is 1. The Morgan fingerprint density at radius 2 is 1.86 bits per heavy atom. The molecule has 1 aliphatic heterocycles. The first-order chi connectivity index (χ1) is 20.0. The fraction of sp³-hybridized carbons (Fsp3) is 0.333. The third-order valence-electron chi connectivity index (χ3n) is 6.99. The van der Waals surface area contributed by atoms with E-state index < -0.39 is 22.7 Å². The Labute approximate surface area is 246 Å². The summed E-state index contributed by atoms with van der Waals surface area (Å²) in [5.74, 6) is -1.36. The first kappa shape index (κ1) is 29.2. The second kappa shape index (κ2) is 11.9. The van der Waals surface area contributed by atoms with E-state index in [1.54, 1.807) is 35.2 Å². The largest absolute Gasteiger partial charge is 0.485 e. The van der Waals surface area contributed by atoms with Crippen LogP contribution in [0.4, 0.5) is 8.78 Å². The highest BCUT2D eigenvalue weighted by Crippen LogP contribution is 2.30. The van der Waals surface area contributed by atoms with Gasteiger partial charge in [-0.1, -0.05) is 18.0 Å². The van der Waals surface area contributed by atoms with Gasteiger partial charge in [-0.2, -0.15) is 0 Å². The summed E-state index contributed by atoms with van der Waals surface area (Å²) in [6.07, 6.45) is 8.20. The second-order valence-corrected chi connectivity index (χ2v) is 11.0. The van der Waals surface area contributed by atoms with Gasteiger partial charge >= 0.3 is 0 Å². The average molecular weight is 595 g/mol. The van der Waals surface area contributed by atoms with E-state index >= 15 is 0 Å². The van der Waals surface area contributed by atoms with Crippen molar-refractivity contribution >= 4 is 17.5 Å². The molecule has 1 N–H and O–H groups in total. The molecule has 9 nitrogen and oxygen atoms in total. The maximum atomic E-state index is 14.1. The van der Waals surface area contributed by atoms with Gasteiger partial charge in [-0.25, -0.2) is 18.7 Å². The summed E-state index contributed by atoms with van der Waals surface area (Å²) in [5.41, 5.74) is 1.79. The quantitative estimate of drug-likeness (QED) is 0.325. The van der Waals surface area contributed by atoms with Crippen LogP contribution in [-0.2, 0) is 29.8 Å². The zero-order chi connectivity index (χ0) is 30.0. The number of rotatable bonds is 6. The second-order valence-electron chi connectivity index (χ2n) is 10.7. The molecule has 42 heavy (non-hydrogen) atoms. The van der Waals surface area contributed by atoms with Gasteiger partial charge in [0.1, 0.15) is 28.9 Å². The lowest BCUT2D eigenvalue weighted by molar-refractivity contribution is -0.120. The summed E-state index contributed by atoms with van der Waals surface area (Å²) in [6, 6.07) is 5.92. The van der Waals surface area contributed by atoms with Crippen LogP contribution in [0.2, 0.25) is 5.02 Å². The molecule has 218 valence electrons. The van der Waals surface area contributed by atoms with Crippen LogP contribution >= 0.6 is 11.6 Å². The fourth-order valence-corrected chi connectivity index (χ4v) is 5.17. The Balaban J connectivity index is 1.57. The van der Waals surface area contributed by atoms with E-state index in [-0.39, 0.29) is 29.0 Å². The molecule has 12 heteroatoms. The number of hydrogen-bond acceptors (Lipinski definition) is 7. The molecule has 0 saturated heterocycles. The molecule has 4 aromatic heterocycles. The number of amides is 1. The van der Waals surface area contributed by atoms with Crippen molar-refractivity contribution in [3.05, 3.63) is 92.6 Å². The molecule has 1 amide bonds. The van der Waals surface area contributed by atoms with Gasteiger partial charge in [0.2, 0.25) is 5.91 Å². The molecule has 0 saturated carbocycles. The lowest BCUT2D eigenvalue weighted by Crippen LogP contribution is -2.41. The standard InChI is InChI=1S/C30H29ClF2N6O3/c1-17(40)38-30(2,3)29-34-10-9-22(37-29)23-13-25-18(14-35-23)7-5-4-6-8-20-12-26(27(31)28(41)39(20)25)42-16-24-21(33)11-19(32)15-36-24/h9-15H,4-8,16H2,1-3H3,(H,38,40). The van der Waals surface area contributed by atoms with Gasteiger partial charge in [-0.3, -0.25) is 24.1 Å². The molecule has 4 aromatic rings. The zero-order valence-corrected chi connectivity index (χ0v) is 24.1. The third-order valence-corrected chi connectivity index (χ3v) is 7.34. The van der Waals surface area contributed by atoms with E-state index in [0.717, 1.165) is 37.1 Å². The molecule has 0 atom stereocenters. The van der Waals surface area contributed by atoms with Crippen LogP contribution in [0.25, 0.3) is 17.1 Å². The lowest BCUT2D eigenvalue weighted by Gasteiger charge is -2.24. The fourth-order valence-electron chi connectivity index (χ4n) is 4.97. The summed E-state index contributed by atoms with van der Waals surface area (Å²) in [7, 11) is 0. The molecule has 0 radical (unpaired) electrons. The number of nitrogens with zero attached hydrogens (tertiary/aromatic N) is 5. The molecule has 1 aliphatic rings. The molecular formula is C30H29ClF2N6O3. The minimum atomic E-state index is -0.854. The number of hydrogen-bond donors (Lipinski definition) is 1. The summed E-state index contributed by atoms with van der Waals surface area (Å²) in [5, 5.41) is 2.67. The van der Waals surface area contributed by atoms with Crippen LogP contribution in [0.5, 0.6) is 5.75 Å². The van der Waals surface area contributed by atoms with Crippen molar-refractivity contribution in [2.45, 2.75) is 65.0 Å². The molecule has 5 rings (SSSR count). The molecule has 0 unspecified atom stereocenters. The van der Waals surface area contributed by atoms with Gasteiger partial charge in [-0.15, -0.1) is 0 Å². The Kier molecular flexibility index (Phi) is 8.31. The molecule has 0 spiro atoms. The van der Waals surface area contributed by atoms with Crippen molar-refractivity contribution in [2.24, 2.45) is 0 Å². The number of halogens is 3. The summed E-state index contributed by atoms with van der Waals surface area (Å²) < 4.78 is 34.7. The lowest BCUT2D eigenvalue weighted by atomic mass is 10.0. The van der Waals surface area contributed by atoms with E-state index in [4.69, 9.17) is 16.3 Å². The van der Waals surface area contributed by atoms with Crippen molar-refractivity contribution in [1.82, 2.24) is 29.8 Å². The predicted octanol–water partition coefficient (Wildman–Crippen LogP) is 5.24. The van der Waals surface area contributed by atoms with Crippen LogP contribution in [0.1, 0.15) is 62.8 Å². The van der Waals surface area contributed by atoms with Gasteiger partial charge in [0.25, 0.3) is 5.56 Å². The highest BCUT2D eigenvalue weighted by molar-refractivity contribution is 6.31. The minimum Gasteiger partial charge on any atom is -0.485 e. The van der Waals surface area contributed by atoms with Gasteiger partial charge in [-0.05, 0) is 57.2 Å². The number of ether oxygens (including phenoxy) is 1. The van der Waals surface area contributed by atoms with Crippen molar-refractivity contribution in [3.63, 3.8) is 0 Å². The van der Waals surface area contributed by atoms with Crippen molar-refractivity contribution < 1.29 is 18.3 Å². The highest BCUT2D eigenvalue weighted by Gasteiger charge is 2.26. The number of aromatic nitrogens is 5. The van der Waals surface area contributed by atoms with E-state index in [9.17, 15) is 18.4 Å². The summed E-state index contributed by atoms with van der Waals surface area (Å²) in [4.78, 5) is 42.9. The average Bonchev–Trinajstić information content (AvgIpc) is 3.03. The van der Waals surface area contributed by atoms with E-state index in [2.05, 4.69) is 25.3 Å². The first-order valence-corrected chi connectivity index (χ1v) is 13.9. The Morgan fingerprint density at radius 1 is 1.07 bits per heavy atom. The molecule has 0 aliphatic carbocycles. The zero-order valence-electron chi connectivity index (χ0n) is 23.4. The van der Waals surface area contributed by atoms with Crippen LogP contribution in [-0.4, -0.2) is 30.4 Å². The SMILES string of the molecule is CC(=O)NC(C)(C)c1nccc(-c2cc3c(cn2)CCCCCc2cc(OCc4ncc(F)cc4F)c(Cl)c(=O)n2-3)n1. The summed E-state index contributed by atoms with van der Waals surface area (Å²) in [6.45, 7) is 4.72. The molecular weight excluding hydrogens is 566 g/mol. The number of pyridine rings is 3. The number of aryl methyl sites for hydroxylation is 2. The summed E-state index contributed by atoms with van der Waals surface area (Å²) >= 11 is 6.53. The van der Waals surface area contributed by atoms with Crippen LogP contribution in [0, 0.1) is 11.6 Å². The molecule has 0 bridgehead atoms. The van der Waals surface area contributed by atoms with Crippen molar-refractivity contribution in [3.8, 4) is 22.8 Å². The molecule has 0 aromatic carbocycles. The Bertz CT molecular complexity index is 1730. The van der Waals surface area contributed by atoms with Crippen LogP contribution < -0.4 is 15.6 Å². The van der Waals surface area contributed by atoms with Gasteiger partial charge < -0.3 is 10.1 Å². The number of nitrogens with one attached hydrogen (secondary N) is 1. The van der Waals surface area contributed by atoms with Crippen LogP contribution in [0.15, 0.2) is 47.7 Å². The predicted molar refractivity (Wildman–Crippen MR) is 152 cm³/mol. The van der Waals surface area contributed by atoms with Gasteiger partial charge in [0, 0.05) is 37.1 Å². The normalized spacial score (nSPS) is 13.3. The first-order valence-electron chi connectivity index (χ1n) is 13.5. The van der Waals surface area contributed by atoms with E-state index in [0.29, 0.717) is 41.4 Å².